The summed E-state index contributed by atoms with van der Waals surface area (Å²) in [6, 6.07) is 43.9. The van der Waals surface area contributed by atoms with Gasteiger partial charge in [0.1, 0.15) is 0 Å². The lowest BCUT2D eigenvalue weighted by molar-refractivity contribution is 1.18. The van der Waals surface area contributed by atoms with Crippen molar-refractivity contribution >= 4 is 59.3 Å². The van der Waals surface area contributed by atoms with Crippen molar-refractivity contribution in [3.8, 4) is 16.8 Å². The second kappa shape index (κ2) is 7.58. The van der Waals surface area contributed by atoms with E-state index in [-0.39, 0.29) is 0 Å². The van der Waals surface area contributed by atoms with Gasteiger partial charge in [0.15, 0.2) is 0 Å². The second-order valence-electron chi connectivity index (χ2n) is 8.75. The molecule has 0 N–H and O–H groups in total. The summed E-state index contributed by atoms with van der Waals surface area (Å²) in [6.07, 6.45) is 0. The number of nitrogens with zero attached hydrogens (tertiary/aromatic N) is 1. The van der Waals surface area contributed by atoms with Crippen LogP contribution >= 0.6 is 15.9 Å². The Morgan fingerprint density at radius 2 is 0.912 bits per heavy atom. The summed E-state index contributed by atoms with van der Waals surface area (Å²) in [5.41, 5.74) is 6.08. The molecule has 0 amide bonds. The largest absolute Gasteiger partial charge is 0.309 e. The summed E-state index contributed by atoms with van der Waals surface area (Å²) in [5.74, 6) is 0. The standard InChI is InChI=1S/C32H20BrN/c33-25-15-9-21(10-16-25)22-11-17-26(18-12-22)34-29-19-13-23-5-1-3-7-27(23)31(29)32-28-8-4-2-6-24(28)14-20-30(32)34/h1-20H. The van der Waals surface area contributed by atoms with Crippen molar-refractivity contribution in [3.63, 3.8) is 0 Å². The molecule has 0 saturated carbocycles. The first-order valence-electron chi connectivity index (χ1n) is 11.5. The molecule has 0 saturated heterocycles. The minimum atomic E-state index is 1.10. The Hall–Kier alpha value is -3.88. The highest BCUT2D eigenvalue weighted by atomic mass is 79.9. The van der Waals surface area contributed by atoms with Gasteiger partial charge in [-0.15, -0.1) is 0 Å². The van der Waals surface area contributed by atoms with E-state index in [0.29, 0.717) is 0 Å². The number of halogens is 1. The third-order valence-corrected chi connectivity index (χ3v) is 7.38. The molecule has 7 rings (SSSR count). The van der Waals surface area contributed by atoms with Gasteiger partial charge in [-0.1, -0.05) is 101 Å². The fourth-order valence-corrected chi connectivity index (χ4v) is 5.54. The zero-order valence-corrected chi connectivity index (χ0v) is 20.0. The maximum absolute atomic E-state index is 3.53. The van der Waals surface area contributed by atoms with Crippen molar-refractivity contribution in [2.75, 3.05) is 0 Å². The van der Waals surface area contributed by atoms with Crippen LogP contribution in [0, 0.1) is 0 Å². The predicted molar refractivity (Wildman–Crippen MR) is 149 cm³/mol. The number of benzene rings is 6. The summed E-state index contributed by atoms with van der Waals surface area (Å²) < 4.78 is 3.51. The number of hydrogen-bond donors (Lipinski definition) is 0. The molecule has 1 heterocycles. The molecule has 0 unspecified atom stereocenters. The van der Waals surface area contributed by atoms with Gasteiger partial charge in [-0.25, -0.2) is 0 Å². The van der Waals surface area contributed by atoms with Crippen LogP contribution in [0.5, 0.6) is 0 Å². The van der Waals surface area contributed by atoms with Crippen LogP contribution in [0.15, 0.2) is 126 Å². The molecule has 160 valence electrons. The monoisotopic (exact) mass is 497 g/mol. The van der Waals surface area contributed by atoms with Crippen LogP contribution in [-0.4, -0.2) is 4.57 Å². The third-order valence-electron chi connectivity index (χ3n) is 6.85. The van der Waals surface area contributed by atoms with E-state index >= 15 is 0 Å². The van der Waals surface area contributed by atoms with Gasteiger partial charge in [0.2, 0.25) is 0 Å². The molecule has 2 heteroatoms. The molecule has 7 aromatic rings. The van der Waals surface area contributed by atoms with Crippen molar-refractivity contribution in [3.05, 3.63) is 126 Å². The van der Waals surface area contributed by atoms with Gasteiger partial charge in [-0.05, 0) is 69.1 Å². The highest BCUT2D eigenvalue weighted by Gasteiger charge is 2.17. The van der Waals surface area contributed by atoms with E-state index in [1.165, 1.54) is 60.2 Å². The Kier molecular flexibility index (Phi) is 4.36. The molecule has 1 aromatic heterocycles. The lowest BCUT2D eigenvalue weighted by atomic mass is 10.00. The molecule has 0 aliphatic carbocycles. The van der Waals surface area contributed by atoms with Crippen LogP contribution in [0.4, 0.5) is 0 Å². The van der Waals surface area contributed by atoms with E-state index in [2.05, 4.69) is 142 Å². The van der Waals surface area contributed by atoms with Gasteiger partial charge in [0.25, 0.3) is 0 Å². The van der Waals surface area contributed by atoms with E-state index in [1.54, 1.807) is 0 Å². The molecule has 6 aromatic carbocycles. The van der Waals surface area contributed by atoms with Crippen molar-refractivity contribution in [2.45, 2.75) is 0 Å². The van der Waals surface area contributed by atoms with Gasteiger partial charge < -0.3 is 4.57 Å². The Morgan fingerprint density at radius 1 is 0.441 bits per heavy atom. The Balaban J connectivity index is 1.55. The number of hydrogen-bond acceptors (Lipinski definition) is 0. The molecule has 0 spiro atoms. The van der Waals surface area contributed by atoms with E-state index < -0.39 is 0 Å². The fraction of sp³-hybridized carbons (Fsp3) is 0. The van der Waals surface area contributed by atoms with Crippen LogP contribution in [0.1, 0.15) is 0 Å². The molecule has 34 heavy (non-hydrogen) atoms. The normalized spacial score (nSPS) is 11.7. The number of aromatic nitrogens is 1. The SMILES string of the molecule is Brc1ccc(-c2ccc(-n3c4ccc5ccccc5c4c4c5ccccc5ccc43)cc2)cc1. The van der Waals surface area contributed by atoms with Gasteiger partial charge >= 0.3 is 0 Å². The zero-order chi connectivity index (χ0) is 22.6. The van der Waals surface area contributed by atoms with Crippen LogP contribution in [-0.2, 0) is 0 Å². The smallest absolute Gasteiger partial charge is 0.0547 e. The van der Waals surface area contributed by atoms with Crippen molar-refractivity contribution in [1.29, 1.82) is 0 Å². The molecule has 0 radical (unpaired) electrons. The van der Waals surface area contributed by atoms with Crippen molar-refractivity contribution in [1.82, 2.24) is 4.57 Å². The molecule has 0 aliphatic rings. The summed E-state index contributed by atoms with van der Waals surface area (Å²) in [7, 11) is 0. The lowest BCUT2D eigenvalue weighted by Gasteiger charge is -2.10. The second-order valence-corrected chi connectivity index (χ2v) is 9.67. The summed E-state index contributed by atoms with van der Waals surface area (Å²) in [5, 5.41) is 7.78. The summed E-state index contributed by atoms with van der Waals surface area (Å²) >= 11 is 3.53. The average molecular weight is 498 g/mol. The van der Waals surface area contributed by atoms with Gasteiger partial charge in [-0.3, -0.25) is 0 Å². The maximum Gasteiger partial charge on any atom is 0.0547 e. The predicted octanol–water partition coefficient (Wildman–Crippen LogP) is 9.52. The van der Waals surface area contributed by atoms with Gasteiger partial charge in [-0.2, -0.15) is 0 Å². The van der Waals surface area contributed by atoms with Crippen LogP contribution in [0.3, 0.4) is 0 Å². The highest BCUT2D eigenvalue weighted by molar-refractivity contribution is 9.10. The summed E-state index contributed by atoms with van der Waals surface area (Å²) in [6.45, 7) is 0. The highest BCUT2D eigenvalue weighted by Crippen LogP contribution is 2.40. The molecule has 0 atom stereocenters. The van der Waals surface area contributed by atoms with E-state index in [4.69, 9.17) is 0 Å². The van der Waals surface area contributed by atoms with Crippen LogP contribution in [0.25, 0.3) is 60.2 Å². The Labute approximate surface area is 206 Å². The number of fused-ring (bicyclic) bond motifs is 7. The van der Waals surface area contributed by atoms with E-state index in [0.717, 1.165) is 4.47 Å². The third kappa shape index (κ3) is 2.92. The average Bonchev–Trinajstić information content (AvgIpc) is 3.24. The van der Waals surface area contributed by atoms with E-state index in [9.17, 15) is 0 Å². The first-order chi connectivity index (χ1) is 16.8. The van der Waals surface area contributed by atoms with Gasteiger partial charge in [0.05, 0.1) is 11.0 Å². The van der Waals surface area contributed by atoms with Crippen LogP contribution < -0.4 is 0 Å². The summed E-state index contributed by atoms with van der Waals surface area (Å²) in [4.78, 5) is 0. The molecular weight excluding hydrogens is 478 g/mol. The van der Waals surface area contributed by atoms with Crippen LogP contribution in [0.2, 0.25) is 0 Å². The first kappa shape index (κ1) is 19.6. The minimum Gasteiger partial charge on any atom is -0.309 e. The Bertz CT molecular complexity index is 1750. The minimum absolute atomic E-state index is 1.10. The van der Waals surface area contributed by atoms with E-state index in [1.807, 2.05) is 0 Å². The lowest BCUT2D eigenvalue weighted by Crippen LogP contribution is -1.93. The Morgan fingerprint density at radius 3 is 1.44 bits per heavy atom. The first-order valence-corrected chi connectivity index (χ1v) is 12.3. The fourth-order valence-electron chi connectivity index (χ4n) is 5.27. The molecule has 1 nitrogen and oxygen atoms in total. The molecule has 0 aliphatic heterocycles. The molecule has 0 fully saturated rings. The molecule has 0 bridgehead atoms. The van der Waals surface area contributed by atoms with Crippen molar-refractivity contribution in [2.24, 2.45) is 0 Å². The van der Waals surface area contributed by atoms with Gasteiger partial charge in [0, 0.05) is 20.9 Å². The maximum atomic E-state index is 3.53. The number of rotatable bonds is 2. The quantitative estimate of drug-likeness (QED) is 0.224. The zero-order valence-electron chi connectivity index (χ0n) is 18.4. The molecular formula is C32H20BrN. The topological polar surface area (TPSA) is 4.93 Å². The van der Waals surface area contributed by atoms with Crippen molar-refractivity contribution < 1.29 is 0 Å².